The van der Waals surface area contributed by atoms with Crippen molar-refractivity contribution in [2.24, 2.45) is 0 Å². The molecule has 6 heteroatoms. The van der Waals surface area contributed by atoms with Crippen molar-refractivity contribution < 1.29 is 19.1 Å². The van der Waals surface area contributed by atoms with E-state index in [4.69, 9.17) is 9.47 Å². The number of pyridine rings is 1. The van der Waals surface area contributed by atoms with Crippen LogP contribution in [-0.2, 0) is 9.53 Å². The number of methoxy groups -OCH3 is 1. The molecule has 1 amide bonds. The number of hydrogen-bond acceptors (Lipinski definition) is 5. The number of carbonyl (C=O) groups excluding carboxylic acids is 2. The highest BCUT2D eigenvalue weighted by Gasteiger charge is 2.09. The van der Waals surface area contributed by atoms with Gasteiger partial charge in [0.25, 0.3) is 5.91 Å². The second kappa shape index (κ2) is 8.12. The SMILES string of the molecule is CCCOC(=O)CCNC(=O)c1ccc2cc(OC)ccc2n1. The summed E-state index contributed by atoms with van der Waals surface area (Å²) in [5.74, 6) is 0.110. The van der Waals surface area contributed by atoms with Gasteiger partial charge in [0, 0.05) is 11.9 Å². The molecule has 0 saturated carbocycles. The Balaban J connectivity index is 1.94. The van der Waals surface area contributed by atoms with Gasteiger partial charge in [-0.15, -0.1) is 0 Å². The molecule has 0 spiro atoms. The first kappa shape index (κ1) is 16.7. The lowest BCUT2D eigenvalue weighted by molar-refractivity contribution is -0.143. The largest absolute Gasteiger partial charge is 0.497 e. The fourth-order valence-electron chi connectivity index (χ4n) is 2.01. The summed E-state index contributed by atoms with van der Waals surface area (Å²) in [6, 6.07) is 8.91. The first-order valence-corrected chi connectivity index (χ1v) is 7.52. The van der Waals surface area contributed by atoms with Crippen molar-refractivity contribution in [2.75, 3.05) is 20.3 Å². The maximum absolute atomic E-state index is 12.1. The van der Waals surface area contributed by atoms with Crippen LogP contribution in [0.25, 0.3) is 10.9 Å². The van der Waals surface area contributed by atoms with E-state index in [1.807, 2.05) is 19.1 Å². The van der Waals surface area contributed by atoms with Crippen molar-refractivity contribution >= 4 is 22.8 Å². The molecule has 0 bridgehead atoms. The molecule has 2 rings (SSSR count). The van der Waals surface area contributed by atoms with Gasteiger partial charge in [-0.3, -0.25) is 9.59 Å². The van der Waals surface area contributed by atoms with Crippen LogP contribution in [0.4, 0.5) is 0 Å². The van der Waals surface area contributed by atoms with E-state index in [1.54, 1.807) is 25.3 Å². The fourth-order valence-corrected chi connectivity index (χ4v) is 2.01. The Labute approximate surface area is 134 Å². The van der Waals surface area contributed by atoms with Gasteiger partial charge in [-0.05, 0) is 30.7 Å². The number of ether oxygens (including phenoxy) is 2. The second-order valence-corrected chi connectivity index (χ2v) is 4.98. The van der Waals surface area contributed by atoms with Crippen LogP contribution in [0.3, 0.4) is 0 Å². The number of rotatable bonds is 7. The van der Waals surface area contributed by atoms with Gasteiger partial charge in [-0.1, -0.05) is 13.0 Å². The van der Waals surface area contributed by atoms with Gasteiger partial charge in [-0.25, -0.2) is 4.98 Å². The third kappa shape index (κ3) is 4.67. The van der Waals surface area contributed by atoms with Crippen molar-refractivity contribution in [3.8, 4) is 5.75 Å². The number of esters is 1. The summed E-state index contributed by atoms with van der Waals surface area (Å²) in [6.07, 6.45) is 0.931. The quantitative estimate of drug-likeness (QED) is 0.793. The molecule has 0 unspecified atom stereocenters. The molecule has 6 nitrogen and oxygen atoms in total. The number of benzene rings is 1. The molecule has 1 aromatic carbocycles. The highest BCUT2D eigenvalue weighted by atomic mass is 16.5. The molecular weight excluding hydrogens is 296 g/mol. The van der Waals surface area contributed by atoms with E-state index < -0.39 is 0 Å². The summed E-state index contributed by atoms with van der Waals surface area (Å²) in [7, 11) is 1.60. The van der Waals surface area contributed by atoms with Crippen molar-refractivity contribution in [1.82, 2.24) is 10.3 Å². The minimum Gasteiger partial charge on any atom is -0.497 e. The molecule has 0 saturated heterocycles. The highest BCUT2D eigenvalue weighted by molar-refractivity contribution is 5.95. The zero-order valence-corrected chi connectivity index (χ0v) is 13.3. The van der Waals surface area contributed by atoms with Crippen LogP contribution in [0, 0.1) is 0 Å². The molecule has 0 fully saturated rings. The minimum absolute atomic E-state index is 0.149. The zero-order chi connectivity index (χ0) is 16.7. The summed E-state index contributed by atoms with van der Waals surface area (Å²) in [5, 5.41) is 3.56. The number of hydrogen-bond donors (Lipinski definition) is 1. The third-order valence-corrected chi connectivity index (χ3v) is 3.21. The standard InChI is InChI=1S/C17H20N2O4/c1-3-10-23-16(20)8-9-18-17(21)15-6-4-12-11-13(22-2)5-7-14(12)19-15/h4-7,11H,3,8-10H2,1-2H3,(H,18,21). The Hall–Kier alpha value is -2.63. The van der Waals surface area contributed by atoms with Crippen LogP contribution in [0.1, 0.15) is 30.3 Å². The molecule has 0 aliphatic heterocycles. The number of nitrogens with one attached hydrogen (secondary N) is 1. The van der Waals surface area contributed by atoms with Crippen molar-refractivity contribution in [2.45, 2.75) is 19.8 Å². The molecule has 1 N–H and O–H groups in total. The first-order valence-electron chi connectivity index (χ1n) is 7.52. The van der Waals surface area contributed by atoms with Crippen molar-refractivity contribution in [1.29, 1.82) is 0 Å². The average molecular weight is 316 g/mol. The Morgan fingerprint density at radius 1 is 1.22 bits per heavy atom. The lowest BCUT2D eigenvalue weighted by atomic mass is 10.2. The summed E-state index contributed by atoms with van der Waals surface area (Å²) < 4.78 is 10.1. The number of nitrogens with zero attached hydrogens (tertiary/aromatic N) is 1. The number of amides is 1. The van der Waals surface area contributed by atoms with Gasteiger partial charge < -0.3 is 14.8 Å². The Morgan fingerprint density at radius 3 is 2.78 bits per heavy atom. The van der Waals surface area contributed by atoms with Gasteiger partial charge in [0.2, 0.25) is 0 Å². The van der Waals surface area contributed by atoms with Crippen LogP contribution in [0.15, 0.2) is 30.3 Å². The zero-order valence-electron chi connectivity index (χ0n) is 13.3. The molecular formula is C17H20N2O4. The van der Waals surface area contributed by atoms with Crippen LogP contribution in [0.5, 0.6) is 5.75 Å². The summed E-state index contributed by atoms with van der Waals surface area (Å²) >= 11 is 0. The van der Waals surface area contributed by atoms with Crippen molar-refractivity contribution in [3.05, 3.63) is 36.0 Å². The molecule has 0 aliphatic carbocycles. The highest BCUT2D eigenvalue weighted by Crippen LogP contribution is 2.19. The monoisotopic (exact) mass is 316 g/mol. The normalized spacial score (nSPS) is 10.3. The van der Waals surface area contributed by atoms with Gasteiger partial charge in [0.1, 0.15) is 11.4 Å². The van der Waals surface area contributed by atoms with Gasteiger partial charge in [0.05, 0.1) is 25.7 Å². The van der Waals surface area contributed by atoms with Crippen molar-refractivity contribution in [3.63, 3.8) is 0 Å². The van der Waals surface area contributed by atoms with E-state index in [-0.39, 0.29) is 24.8 Å². The molecule has 0 radical (unpaired) electrons. The maximum Gasteiger partial charge on any atom is 0.307 e. The molecule has 0 atom stereocenters. The Morgan fingerprint density at radius 2 is 2.04 bits per heavy atom. The third-order valence-electron chi connectivity index (χ3n) is 3.21. The van der Waals surface area contributed by atoms with Gasteiger partial charge in [-0.2, -0.15) is 0 Å². The summed E-state index contributed by atoms with van der Waals surface area (Å²) in [4.78, 5) is 27.7. The van der Waals surface area contributed by atoms with Crippen LogP contribution < -0.4 is 10.1 Å². The summed E-state index contributed by atoms with van der Waals surface area (Å²) in [6.45, 7) is 2.56. The van der Waals surface area contributed by atoms with E-state index in [0.717, 1.165) is 17.6 Å². The predicted octanol–water partition coefficient (Wildman–Crippen LogP) is 2.32. The summed E-state index contributed by atoms with van der Waals surface area (Å²) in [5.41, 5.74) is 1.02. The topological polar surface area (TPSA) is 77.5 Å². The molecule has 1 aromatic heterocycles. The lowest BCUT2D eigenvalue weighted by Gasteiger charge is -2.07. The Bertz CT molecular complexity index is 700. The Kier molecular flexibility index (Phi) is 5.91. The first-order chi connectivity index (χ1) is 11.1. The minimum atomic E-state index is -0.314. The number of fused-ring (bicyclic) bond motifs is 1. The lowest BCUT2D eigenvalue weighted by Crippen LogP contribution is -2.27. The van der Waals surface area contributed by atoms with Crippen LogP contribution in [0.2, 0.25) is 0 Å². The van der Waals surface area contributed by atoms with Gasteiger partial charge in [0.15, 0.2) is 0 Å². The smallest absolute Gasteiger partial charge is 0.307 e. The van der Waals surface area contributed by atoms with E-state index in [0.29, 0.717) is 17.8 Å². The predicted molar refractivity (Wildman–Crippen MR) is 86.5 cm³/mol. The number of aromatic nitrogens is 1. The number of carbonyl (C=O) groups is 2. The maximum atomic E-state index is 12.1. The van der Waals surface area contributed by atoms with E-state index >= 15 is 0 Å². The molecule has 23 heavy (non-hydrogen) atoms. The average Bonchev–Trinajstić information content (AvgIpc) is 2.58. The fraction of sp³-hybridized carbons (Fsp3) is 0.353. The van der Waals surface area contributed by atoms with Crippen LogP contribution >= 0.6 is 0 Å². The molecule has 0 aliphatic rings. The second-order valence-electron chi connectivity index (χ2n) is 4.98. The van der Waals surface area contributed by atoms with E-state index in [9.17, 15) is 9.59 Å². The van der Waals surface area contributed by atoms with Gasteiger partial charge >= 0.3 is 5.97 Å². The molecule has 1 heterocycles. The molecule has 2 aromatic rings. The molecule has 122 valence electrons. The van der Waals surface area contributed by atoms with E-state index in [1.165, 1.54) is 0 Å². The van der Waals surface area contributed by atoms with E-state index in [2.05, 4.69) is 10.3 Å². The van der Waals surface area contributed by atoms with Crippen LogP contribution in [-0.4, -0.2) is 37.1 Å².